The van der Waals surface area contributed by atoms with Gasteiger partial charge in [-0.15, -0.1) is 11.3 Å². The summed E-state index contributed by atoms with van der Waals surface area (Å²) in [6, 6.07) is 1.47. The van der Waals surface area contributed by atoms with E-state index in [1.165, 1.54) is 11.3 Å². The van der Waals surface area contributed by atoms with Crippen molar-refractivity contribution in [3.63, 3.8) is 0 Å². The van der Waals surface area contributed by atoms with E-state index in [0.717, 1.165) is 45.0 Å². The third kappa shape index (κ3) is 6.83. The summed E-state index contributed by atoms with van der Waals surface area (Å²) in [5.74, 6) is 0.451. The molecule has 0 saturated heterocycles. The third-order valence-corrected chi connectivity index (χ3v) is 8.55. The zero-order valence-electron chi connectivity index (χ0n) is 23.9. The molecule has 39 heavy (non-hydrogen) atoms. The highest BCUT2D eigenvalue weighted by atomic mass is 32.1. The second-order valence-corrected chi connectivity index (χ2v) is 13.1. The molecule has 1 unspecified atom stereocenters. The number of nitrogens with zero attached hydrogens (tertiary/aromatic N) is 4. The first-order valence-electron chi connectivity index (χ1n) is 13.6. The number of hydrogen-bond donors (Lipinski definition) is 6. The summed E-state index contributed by atoms with van der Waals surface area (Å²) in [6.45, 7) is 12.8. The van der Waals surface area contributed by atoms with Gasteiger partial charge in [-0.25, -0.2) is 9.97 Å². The standard InChI is InChI=1S/C28H42N6O4S/c1-14(9-8-11-27(4,5)37)30-26-31-15(2)20(25-33-21-16(3)29-12-10-19(21)39-25)24(34-26)32-18-13-17(28(6,7)38)22(35)23(18)36/h10,12,14,17-18,22-23,35-38H,8-9,11,13H2,1-7H3,(H2,30,31,32,34)/t14?,17-,18+,22+,23-/m0/s1. The Balaban J connectivity index is 1.68. The molecule has 1 fully saturated rings. The van der Waals surface area contributed by atoms with Gasteiger partial charge in [-0.3, -0.25) is 4.98 Å². The van der Waals surface area contributed by atoms with Crippen molar-refractivity contribution in [2.45, 2.75) is 110 Å². The Morgan fingerprint density at radius 2 is 1.77 bits per heavy atom. The number of pyridine rings is 1. The van der Waals surface area contributed by atoms with Crippen LogP contribution in [-0.4, -0.2) is 75.9 Å². The molecule has 4 rings (SSSR count). The summed E-state index contributed by atoms with van der Waals surface area (Å²) < 4.78 is 1.00. The number of aryl methyl sites for hydroxylation is 2. The Kier molecular flexibility index (Phi) is 8.49. The number of aromatic nitrogens is 4. The average Bonchev–Trinajstić information content (AvgIpc) is 3.35. The van der Waals surface area contributed by atoms with Crippen LogP contribution in [0.5, 0.6) is 0 Å². The van der Waals surface area contributed by atoms with Gasteiger partial charge in [-0.2, -0.15) is 4.98 Å². The summed E-state index contributed by atoms with van der Waals surface area (Å²) in [5, 5.41) is 49.7. The molecule has 3 heterocycles. The van der Waals surface area contributed by atoms with Crippen LogP contribution >= 0.6 is 11.3 Å². The van der Waals surface area contributed by atoms with Crippen LogP contribution in [0.3, 0.4) is 0 Å². The molecule has 0 amide bonds. The molecular weight excluding hydrogens is 516 g/mol. The molecule has 3 aromatic heterocycles. The average molecular weight is 559 g/mol. The molecule has 0 radical (unpaired) electrons. The molecule has 0 aliphatic heterocycles. The highest BCUT2D eigenvalue weighted by Gasteiger charge is 2.48. The Hall–Kier alpha value is -2.44. The molecule has 6 N–H and O–H groups in total. The molecule has 3 aromatic rings. The minimum atomic E-state index is -1.15. The quantitative estimate of drug-likeness (QED) is 0.216. The molecule has 10 nitrogen and oxygen atoms in total. The van der Waals surface area contributed by atoms with Gasteiger partial charge >= 0.3 is 0 Å². The normalized spacial score (nSPS) is 22.8. The van der Waals surface area contributed by atoms with Gasteiger partial charge in [0.25, 0.3) is 0 Å². The molecule has 1 saturated carbocycles. The first-order chi connectivity index (χ1) is 18.1. The fourth-order valence-corrected chi connectivity index (χ4v) is 6.39. The molecule has 11 heteroatoms. The maximum absolute atomic E-state index is 10.9. The van der Waals surface area contributed by atoms with Crippen molar-refractivity contribution in [1.29, 1.82) is 0 Å². The van der Waals surface area contributed by atoms with Crippen LogP contribution in [0.15, 0.2) is 12.3 Å². The first-order valence-corrected chi connectivity index (χ1v) is 14.4. The number of thiazole rings is 1. The number of hydrogen-bond acceptors (Lipinski definition) is 11. The van der Waals surface area contributed by atoms with Crippen molar-refractivity contribution in [3.05, 3.63) is 23.7 Å². The molecule has 0 aromatic carbocycles. The lowest BCUT2D eigenvalue weighted by Crippen LogP contribution is -2.40. The van der Waals surface area contributed by atoms with Crippen molar-refractivity contribution in [2.75, 3.05) is 10.6 Å². The molecular formula is C28H42N6O4S. The van der Waals surface area contributed by atoms with E-state index in [9.17, 15) is 20.4 Å². The van der Waals surface area contributed by atoms with Crippen molar-refractivity contribution < 1.29 is 20.4 Å². The molecule has 1 aliphatic carbocycles. The Labute approximate surface area is 234 Å². The monoisotopic (exact) mass is 558 g/mol. The van der Waals surface area contributed by atoms with Gasteiger partial charge < -0.3 is 31.1 Å². The van der Waals surface area contributed by atoms with E-state index in [1.54, 1.807) is 20.0 Å². The van der Waals surface area contributed by atoms with E-state index in [0.29, 0.717) is 24.6 Å². The highest BCUT2D eigenvalue weighted by molar-refractivity contribution is 7.21. The van der Waals surface area contributed by atoms with Crippen LogP contribution in [0.2, 0.25) is 0 Å². The smallest absolute Gasteiger partial charge is 0.225 e. The van der Waals surface area contributed by atoms with E-state index in [2.05, 4.69) is 22.5 Å². The van der Waals surface area contributed by atoms with Crippen LogP contribution < -0.4 is 10.6 Å². The molecule has 1 aliphatic rings. The Bertz CT molecular complexity index is 1300. The Morgan fingerprint density at radius 3 is 2.38 bits per heavy atom. The van der Waals surface area contributed by atoms with E-state index >= 15 is 0 Å². The van der Waals surface area contributed by atoms with Gasteiger partial charge in [0.15, 0.2) is 0 Å². The van der Waals surface area contributed by atoms with Gasteiger partial charge in [0.2, 0.25) is 5.95 Å². The number of aliphatic hydroxyl groups is 4. The maximum atomic E-state index is 10.9. The topological polar surface area (TPSA) is 157 Å². The summed E-state index contributed by atoms with van der Waals surface area (Å²) in [6.07, 6.45) is 2.36. The summed E-state index contributed by atoms with van der Waals surface area (Å²) in [5.41, 5.74) is 1.25. The van der Waals surface area contributed by atoms with Crippen LogP contribution in [0.25, 0.3) is 20.8 Å². The minimum Gasteiger partial charge on any atom is -0.390 e. The third-order valence-electron chi connectivity index (χ3n) is 7.51. The largest absolute Gasteiger partial charge is 0.390 e. The van der Waals surface area contributed by atoms with Gasteiger partial charge in [-0.1, -0.05) is 0 Å². The lowest BCUT2D eigenvalue weighted by Gasteiger charge is -2.28. The summed E-state index contributed by atoms with van der Waals surface area (Å²) >= 11 is 1.52. The summed E-state index contributed by atoms with van der Waals surface area (Å²) in [4.78, 5) is 18.8. The second kappa shape index (κ2) is 11.2. The van der Waals surface area contributed by atoms with E-state index < -0.39 is 35.4 Å². The lowest BCUT2D eigenvalue weighted by molar-refractivity contribution is -0.0601. The van der Waals surface area contributed by atoms with Crippen LogP contribution in [0, 0.1) is 19.8 Å². The van der Waals surface area contributed by atoms with Gasteiger partial charge in [0.1, 0.15) is 22.4 Å². The molecule has 0 bridgehead atoms. The van der Waals surface area contributed by atoms with Crippen molar-refractivity contribution in [3.8, 4) is 10.6 Å². The van der Waals surface area contributed by atoms with E-state index in [4.69, 9.17) is 15.0 Å². The van der Waals surface area contributed by atoms with Gasteiger partial charge in [0, 0.05) is 18.2 Å². The number of nitrogens with one attached hydrogen (secondary N) is 2. The van der Waals surface area contributed by atoms with Crippen LogP contribution in [0.1, 0.15) is 71.7 Å². The first kappa shape index (κ1) is 29.5. The second-order valence-electron chi connectivity index (χ2n) is 12.1. The van der Waals surface area contributed by atoms with Crippen molar-refractivity contribution in [1.82, 2.24) is 19.9 Å². The van der Waals surface area contributed by atoms with Gasteiger partial charge in [0.05, 0.1) is 45.0 Å². The van der Waals surface area contributed by atoms with Crippen LogP contribution in [0.4, 0.5) is 11.8 Å². The van der Waals surface area contributed by atoms with Gasteiger partial charge in [-0.05, 0) is 80.2 Å². The number of anilines is 2. The zero-order chi connectivity index (χ0) is 28.7. The number of rotatable bonds is 10. The predicted molar refractivity (Wildman–Crippen MR) is 155 cm³/mol. The SMILES string of the molecule is Cc1nc(NC(C)CCCC(C)(C)O)nc(N[C@@H]2C[C@H](C(C)(C)O)[C@@H](O)[C@H]2O)c1-c1nc2c(C)nccc2s1. The van der Waals surface area contributed by atoms with E-state index in [-0.39, 0.29) is 6.04 Å². The highest BCUT2D eigenvalue weighted by Crippen LogP contribution is 2.40. The van der Waals surface area contributed by atoms with Crippen molar-refractivity contribution >= 4 is 33.3 Å². The van der Waals surface area contributed by atoms with Crippen LogP contribution in [-0.2, 0) is 0 Å². The van der Waals surface area contributed by atoms with E-state index in [1.807, 2.05) is 33.8 Å². The minimum absolute atomic E-state index is 0.0695. The predicted octanol–water partition coefficient (Wildman–Crippen LogP) is 3.80. The van der Waals surface area contributed by atoms with Crippen molar-refractivity contribution in [2.24, 2.45) is 5.92 Å². The fourth-order valence-electron chi connectivity index (χ4n) is 5.27. The fraction of sp³-hybridized carbons (Fsp3) is 0.643. The summed E-state index contributed by atoms with van der Waals surface area (Å²) in [7, 11) is 0. The lowest BCUT2D eigenvalue weighted by atomic mass is 9.88. The molecule has 5 atom stereocenters. The molecule has 0 spiro atoms. The Morgan fingerprint density at radius 1 is 1.05 bits per heavy atom. The number of aliphatic hydroxyl groups excluding tert-OH is 2. The molecule has 214 valence electrons. The number of fused-ring (bicyclic) bond motifs is 1. The maximum Gasteiger partial charge on any atom is 0.225 e. The zero-order valence-corrected chi connectivity index (χ0v) is 24.7.